The van der Waals surface area contributed by atoms with Crippen molar-refractivity contribution in [1.29, 1.82) is 0 Å². The Morgan fingerprint density at radius 1 is 1.38 bits per heavy atom. The van der Waals surface area contributed by atoms with Crippen molar-refractivity contribution < 1.29 is 4.79 Å². The Bertz CT molecular complexity index is 462. The molecule has 3 unspecified atom stereocenters. The Balaban J connectivity index is 1.48. The number of fused-ring (bicyclic) bond motifs is 1. The molecule has 0 bridgehead atoms. The highest BCUT2D eigenvalue weighted by Gasteiger charge is 2.34. The minimum atomic E-state index is 0.0710. The van der Waals surface area contributed by atoms with Crippen LogP contribution in [0.3, 0.4) is 0 Å². The number of hydrogen-bond donors (Lipinski definition) is 2. The van der Waals surface area contributed by atoms with Crippen LogP contribution in [0.2, 0.25) is 0 Å². The van der Waals surface area contributed by atoms with Gasteiger partial charge in [-0.15, -0.1) is 0 Å². The molecule has 2 N–H and O–H groups in total. The van der Waals surface area contributed by atoms with Crippen LogP contribution in [0.15, 0.2) is 30.3 Å². The number of likely N-dealkylation sites (tertiary alicyclic amines) is 1. The van der Waals surface area contributed by atoms with Crippen molar-refractivity contribution in [2.75, 3.05) is 26.2 Å². The monoisotopic (exact) mass is 287 g/mol. The first kappa shape index (κ1) is 14.5. The maximum Gasteiger partial charge on any atom is 0.234 e. The summed E-state index contributed by atoms with van der Waals surface area (Å²) in [6.45, 7) is 5.76. The summed E-state index contributed by atoms with van der Waals surface area (Å²) in [6.07, 6.45) is 2.57. The predicted molar refractivity (Wildman–Crippen MR) is 84.0 cm³/mol. The van der Waals surface area contributed by atoms with E-state index in [1.54, 1.807) is 0 Å². The summed E-state index contributed by atoms with van der Waals surface area (Å²) in [5.41, 5.74) is 1.16. The number of nitrogens with one attached hydrogen (secondary N) is 2. The number of hydrogen-bond acceptors (Lipinski definition) is 3. The predicted octanol–water partition coefficient (Wildman–Crippen LogP) is 1.55. The molecule has 2 heterocycles. The van der Waals surface area contributed by atoms with Crippen molar-refractivity contribution >= 4 is 5.91 Å². The molecule has 0 saturated carbocycles. The summed E-state index contributed by atoms with van der Waals surface area (Å²) in [5.74, 6) is 0.864. The molecular formula is C17H25N3O. The molecule has 0 spiro atoms. The van der Waals surface area contributed by atoms with Crippen molar-refractivity contribution in [2.45, 2.75) is 31.8 Å². The number of carbonyl (C=O) groups is 1. The van der Waals surface area contributed by atoms with E-state index in [1.165, 1.54) is 12.8 Å². The molecule has 2 saturated heterocycles. The fourth-order valence-corrected chi connectivity index (χ4v) is 3.58. The van der Waals surface area contributed by atoms with Gasteiger partial charge in [0.1, 0.15) is 0 Å². The Labute approximate surface area is 126 Å². The molecule has 2 fully saturated rings. The van der Waals surface area contributed by atoms with Crippen LogP contribution in [0.5, 0.6) is 0 Å². The maximum atomic E-state index is 12.2. The van der Waals surface area contributed by atoms with Gasteiger partial charge in [-0.3, -0.25) is 9.69 Å². The Kier molecular flexibility index (Phi) is 4.56. The number of amides is 1. The van der Waals surface area contributed by atoms with Crippen LogP contribution in [0.1, 0.15) is 31.4 Å². The summed E-state index contributed by atoms with van der Waals surface area (Å²) < 4.78 is 0. The molecule has 0 aliphatic carbocycles. The minimum absolute atomic E-state index is 0.0710. The Morgan fingerprint density at radius 3 is 2.95 bits per heavy atom. The second kappa shape index (κ2) is 6.58. The van der Waals surface area contributed by atoms with Gasteiger partial charge in [-0.1, -0.05) is 30.3 Å². The van der Waals surface area contributed by atoms with Crippen molar-refractivity contribution in [1.82, 2.24) is 15.5 Å². The van der Waals surface area contributed by atoms with E-state index >= 15 is 0 Å². The van der Waals surface area contributed by atoms with E-state index in [0.717, 1.165) is 31.1 Å². The average molecular weight is 287 g/mol. The lowest BCUT2D eigenvalue weighted by Crippen LogP contribution is -2.41. The minimum Gasteiger partial charge on any atom is -0.348 e. The average Bonchev–Trinajstić information content (AvgIpc) is 2.90. The summed E-state index contributed by atoms with van der Waals surface area (Å²) >= 11 is 0. The van der Waals surface area contributed by atoms with Crippen LogP contribution >= 0.6 is 0 Å². The lowest BCUT2D eigenvalue weighted by atomic mass is 9.94. The molecule has 2 aliphatic heterocycles. The number of benzene rings is 1. The second-order valence-corrected chi connectivity index (χ2v) is 6.36. The van der Waals surface area contributed by atoms with Gasteiger partial charge in [0.15, 0.2) is 0 Å². The first-order valence-electron chi connectivity index (χ1n) is 8.02. The highest BCUT2D eigenvalue weighted by atomic mass is 16.2. The van der Waals surface area contributed by atoms with Gasteiger partial charge >= 0.3 is 0 Å². The van der Waals surface area contributed by atoms with Crippen LogP contribution in [-0.4, -0.2) is 43.0 Å². The van der Waals surface area contributed by atoms with Gasteiger partial charge < -0.3 is 10.6 Å². The van der Waals surface area contributed by atoms with Crippen LogP contribution in [0.4, 0.5) is 0 Å². The zero-order valence-electron chi connectivity index (χ0n) is 12.7. The standard InChI is InChI=1S/C17H25N3O/c1-13(14-6-3-2-4-7-14)19-17(21)12-20-10-15-8-5-9-18-16(15)11-20/h2-4,6-7,13,15-16,18H,5,8-12H2,1H3,(H,19,21). The van der Waals surface area contributed by atoms with Crippen LogP contribution in [0.25, 0.3) is 0 Å². The Morgan fingerprint density at radius 2 is 2.19 bits per heavy atom. The number of rotatable bonds is 4. The molecule has 0 radical (unpaired) electrons. The normalized spacial score (nSPS) is 27.1. The Hall–Kier alpha value is -1.39. The quantitative estimate of drug-likeness (QED) is 0.883. The number of nitrogens with zero attached hydrogens (tertiary/aromatic N) is 1. The number of carbonyl (C=O) groups excluding carboxylic acids is 1. The van der Waals surface area contributed by atoms with Crippen molar-refractivity contribution in [3.8, 4) is 0 Å². The van der Waals surface area contributed by atoms with E-state index in [4.69, 9.17) is 0 Å². The molecule has 3 rings (SSSR count). The van der Waals surface area contributed by atoms with E-state index in [9.17, 15) is 4.79 Å². The van der Waals surface area contributed by atoms with Crippen LogP contribution in [0, 0.1) is 5.92 Å². The molecule has 4 nitrogen and oxygen atoms in total. The summed E-state index contributed by atoms with van der Waals surface area (Å²) in [6, 6.07) is 10.8. The summed E-state index contributed by atoms with van der Waals surface area (Å²) in [5, 5.41) is 6.68. The van der Waals surface area contributed by atoms with Crippen molar-refractivity contribution in [3.05, 3.63) is 35.9 Å². The highest BCUT2D eigenvalue weighted by molar-refractivity contribution is 5.78. The first-order chi connectivity index (χ1) is 10.2. The third-order valence-electron chi connectivity index (χ3n) is 4.72. The molecule has 21 heavy (non-hydrogen) atoms. The number of piperidine rings is 1. The van der Waals surface area contributed by atoms with E-state index in [0.29, 0.717) is 12.6 Å². The van der Waals surface area contributed by atoms with E-state index in [1.807, 2.05) is 25.1 Å². The van der Waals surface area contributed by atoms with Crippen molar-refractivity contribution in [2.24, 2.45) is 5.92 Å². The molecular weight excluding hydrogens is 262 g/mol. The molecule has 1 aromatic carbocycles. The molecule has 0 aromatic heterocycles. The SMILES string of the molecule is CC(NC(=O)CN1CC2CCCNC2C1)c1ccccc1. The van der Waals surface area contributed by atoms with Crippen LogP contribution < -0.4 is 10.6 Å². The third-order valence-corrected chi connectivity index (χ3v) is 4.72. The summed E-state index contributed by atoms with van der Waals surface area (Å²) in [7, 11) is 0. The van der Waals surface area contributed by atoms with Gasteiger partial charge in [-0.25, -0.2) is 0 Å². The largest absolute Gasteiger partial charge is 0.348 e. The fourth-order valence-electron chi connectivity index (χ4n) is 3.58. The van der Waals surface area contributed by atoms with Gasteiger partial charge in [-0.05, 0) is 37.8 Å². The second-order valence-electron chi connectivity index (χ2n) is 6.36. The molecule has 1 aromatic rings. The van der Waals surface area contributed by atoms with Gasteiger partial charge in [0, 0.05) is 19.1 Å². The van der Waals surface area contributed by atoms with Crippen LogP contribution in [-0.2, 0) is 4.79 Å². The van der Waals surface area contributed by atoms with Gasteiger partial charge in [-0.2, -0.15) is 0 Å². The molecule has 114 valence electrons. The molecule has 3 atom stereocenters. The maximum absolute atomic E-state index is 12.2. The van der Waals surface area contributed by atoms with E-state index < -0.39 is 0 Å². The zero-order chi connectivity index (χ0) is 14.7. The van der Waals surface area contributed by atoms with E-state index in [-0.39, 0.29) is 11.9 Å². The molecule has 1 amide bonds. The van der Waals surface area contributed by atoms with Gasteiger partial charge in [0.05, 0.1) is 12.6 Å². The topological polar surface area (TPSA) is 44.4 Å². The van der Waals surface area contributed by atoms with Crippen molar-refractivity contribution in [3.63, 3.8) is 0 Å². The zero-order valence-corrected chi connectivity index (χ0v) is 12.7. The third kappa shape index (κ3) is 3.63. The van der Waals surface area contributed by atoms with Gasteiger partial charge in [0.2, 0.25) is 5.91 Å². The van der Waals surface area contributed by atoms with Gasteiger partial charge in [0.25, 0.3) is 0 Å². The molecule has 2 aliphatic rings. The lowest BCUT2D eigenvalue weighted by Gasteiger charge is -2.24. The summed E-state index contributed by atoms with van der Waals surface area (Å²) in [4.78, 5) is 14.5. The highest BCUT2D eigenvalue weighted by Crippen LogP contribution is 2.24. The smallest absolute Gasteiger partial charge is 0.234 e. The fraction of sp³-hybridized carbons (Fsp3) is 0.588. The molecule has 4 heteroatoms. The van der Waals surface area contributed by atoms with E-state index in [2.05, 4.69) is 27.7 Å². The lowest BCUT2D eigenvalue weighted by molar-refractivity contribution is -0.122. The first-order valence-corrected chi connectivity index (χ1v) is 8.02.